The van der Waals surface area contributed by atoms with Crippen molar-refractivity contribution in [1.82, 2.24) is 4.98 Å². The lowest BCUT2D eigenvalue weighted by atomic mass is 10.3. The number of nitrogens with zero attached hydrogens (tertiary/aromatic N) is 2. The number of hydrogen-bond acceptors (Lipinski definition) is 4. The van der Waals surface area contributed by atoms with Crippen molar-refractivity contribution in [3.05, 3.63) is 55.6 Å². The van der Waals surface area contributed by atoms with Gasteiger partial charge in [0.15, 0.2) is 0 Å². The van der Waals surface area contributed by atoms with Gasteiger partial charge in [0.25, 0.3) is 0 Å². The number of hydrogen-bond donors (Lipinski definition) is 0. The third kappa shape index (κ3) is 3.02. The molecule has 98 valence electrons. The average molecular weight is 344 g/mol. The summed E-state index contributed by atoms with van der Waals surface area (Å²) in [7, 11) is 0. The van der Waals surface area contributed by atoms with Crippen LogP contribution in [0.3, 0.4) is 0 Å². The Bertz CT molecular complexity index is 649. The number of para-hydroxylation sites is 1. The maximum atomic E-state index is 10.9. The van der Waals surface area contributed by atoms with E-state index in [0.29, 0.717) is 0 Å². The van der Waals surface area contributed by atoms with Gasteiger partial charge >= 0.3 is 5.69 Å². The number of aryl methyl sites for hydroxylation is 1. The van der Waals surface area contributed by atoms with Gasteiger partial charge in [0.05, 0.1) is 9.95 Å². The van der Waals surface area contributed by atoms with Crippen molar-refractivity contribution in [1.29, 1.82) is 0 Å². The Kier molecular flexibility index (Phi) is 4.01. The number of pyridine rings is 1. The molecule has 1 aromatic heterocycles. The van der Waals surface area contributed by atoms with Crippen LogP contribution in [-0.4, -0.2) is 9.91 Å². The maximum absolute atomic E-state index is 10.9. The summed E-state index contributed by atoms with van der Waals surface area (Å²) in [5, 5.41) is 11.1. The molecule has 0 unspecified atom stereocenters. The van der Waals surface area contributed by atoms with E-state index in [0.717, 1.165) is 10.0 Å². The van der Waals surface area contributed by atoms with Crippen LogP contribution in [-0.2, 0) is 0 Å². The minimum absolute atomic E-state index is 0.0108. The van der Waals surface area contributed by atoms with Crippen LogP contribution < -0.4 is 4.74 Å². The highest BCUT2D eigenvalue weighted by molar-refractivity contribution is 9.10. The number of rotatable bonds is 3. The minimum Gasteiger partial charge on any atom is -0.430 e. The first-order valence-electron chi connectivity index (χ1n) is 5.22. The van der Waals surface area contributed by atoms with E-state index in [4.69, 9.17) is 16.3 Å². The lowest BCUT2D eigenvalue weighted by Gasteiger charge is -2.08. The van der Waals surface area contributed by atoms with E-state index in [2.05, 4.69) is 20.9 Å². The van der Waals surface area contributed by atoms with E-state index in [1.807, 2.05) is 6.92 Å². The summed E-state index contributed by atoms with van der Waals surface area (Å²) in [6.45, 7) is 1.86. The summed E-state index contributed by atoms with van der Waals surface area (Å²) in [6, 6.07) is 6.01. The summed E-state index contributed by atoms with van der Waals surface area (Å²) in [5.74, 6) is 0.236. The van der Waals surface area contributed by atoms with Gasteiger partial charge in [-0.3, -0.25) is 10.1 Å². The molecule has 0 N–H and O–H groups in total. The first kappa shape index (κ1) is 13.8. The van der Waals surface area contributed by atoms with Crippen molar-refractivity contribution in [2.75, 3.05) is 0 Å². The second kappa shape index (κ2) is 5.54. The lowest BCUT2D eigenvalue weighted by Crippen LogP contribution is -1.95. The molecule has 1 aromatic carbocycles. The van der Waals surface area contributed by atoms with Crippen LogP contribution in [0, 0.1) is 17.0 Å². The molecule has 0 saturated carbocycles. The summed E-state index contributed by atoms with van der Waals surface area (Å²) < 4.78 is 6.26. The van der Waals surface area contributed by atoms with Gasteiger partial charge in [-0.1, -0.05) is 17.7 Å². The molecule has 0 aliphatic rings. The van der Waals surface area contributed by atoms with Crippen molar-refractivity contribution >= 4 is 33.2 Å². The van der Waals surface area contributed by atoms with Gasteiger partial charge in [-0.2, -0.15) is 0 Å². The van der Waals surface area contributed by atoms with Crippen LogP contribution in [0.25, 0.3) is 0 Å². The van der Waals surface area contributed by atoms with Crippen LogP contribution in [0.5, 0.6) is 11.6 Å². The Morgan fingerprint density at radius 2 is 2.21 bits per heavy atom. The number of benzene rings is 1. The van der Waals surface area contributed by atoms with E-state index in [-0.39, 0.29) is 22.3 Å². The number of halogens is 2. The molecule has 0 saturated heterocycles. The molecule has 0 atom stereocenters. The molecule has 0 spiro atoms. The molecule has 5 nitrogen and oxygen atoms in total. The quantitative estimate of drug-likeness (QED) is 0.607. The zero-order valence-corrected chi connectivity index (χ0v) is 12.1. The molecule has 19 heavy (non-hydrogen) atoms. The van der Waals surface area contributed by atoms with Gasteiger partial charge in [0, 0.05) is 22.8 Å². The van der Waals surface area contributed by atoms with Gasteiger partial charge in [-0.05, 0) is 34.5 Å². The van der Waals surface area contributed by atoms with Crippen molar-refractivity contribution in [3.8, 4) is 11.6 Å². The molecular weight excluding hydrogens is 336 g/mol. The molecule has 0 fully saturated rings. The monoisotopic (exact) mass is 342 g/mol. The maximum Gasteiger partial charge on any atom is 0.313 e. The van der Waals surface area contributed by atoms with Crippen molar-refractivity contribution < 1.29 is 9.66 Å². The fourth-order valence-electron chi connectivity index (χ4n) is 1.42. The summed E-state index contributed by atoms with van der Waals surface area (Å²) in [4.78, 5) is 14.4. The van der Waals surface area contributed by atoms with Crippen LogP contribution in [0.4, 0.5) is 5.69 Å². The molecular formula is C12H8BrClN2O3. The number of nitro groups is 1. The SMILES string of the molecule is Cc1cc(Oc2c(Cl)cccc2[N+](=O)[O-])ncc1Br. The molecule has 1 heterocycles. The Morgan fingerprint density at radius 1 is 1.47 bits per heavy atom. The molecule has 0 amide bonds. The highest BCUT2D eigenvalue weighted by Crippen LogP contribution is 2.37. The van der Waals surface area contributed by atoms with Gasteiger partial charge < -0.3 is 4.74 Å². The van der Waals surface area contributed by atoms with Crippen LogP contribution >= 0.6 is 27.5 Å². The third-order valence-electron chi connectivity index (χ3n) is 2.37. The van der Waals surface area contributed by atoms with Gasteiger partial charge in [-0.25, -0.2) is 4.98 Å². The zero-order valence-electron chi connectivity index (χ0n) is 9.76. The van der Waals surface area contributed by atoms with Gasteiger partial charge in [0.2, 0.25) is 11.6 Å². The average Bonchev–Trinajstić information content (AvgIpc) is 2.36. The van der Waals surface area contributed by atoms with E-state index in [1.54, 1.807) is 12.3 Å². The van der Waals surface area contributed by atoms with Crippen molar-refractivity contribution in [2.24, 2.45) is 0 Å². The summed E-state index contributed by atoms with van der Waals surface area (Å²) >= 11 is 9.24. The second-order valence-corrected chi connectivity index (χ2v) is 4.98. The Hall–Kier alpha value is -1.66. The van der Waals surface area contributed by atoms with Crippen LogP contribution in [0.1, 0.15) is 5.56 Å². The number of aromatic nitrogens is 1. The highest BCUT2D eigenvalue weighted by Gasteiger charge is 2.19. The Morgan fingerprint density at radius 3 is 2.84 bits per heavy atom. The standard InChI is InChI=1S/C12H8BrClN2O3/c1-7-5-11(15-6-8(7)13)19-12-9(14)3-2-4-10(12)16(17)18/h2-6H,1H3. The van der Waals surface area contributed by atoms with Gasteiger partial charge in [0.1, 0.15) is 0 Å². The zero-order chi connectivity index (χ0) is 14.0. The number of ether oxygens (including phenoxy) is 1. The predicted octanol–water partition coefficient (Wildman–Crippen LogP) is 4.51. The molecule has 0 aliphatic carbocycles. The fraction of sp³-hybridized carbons (Fsp3) is 0.0833. The Balaban J connectivity index is 2.42. The van der Waals surface area contributed by atoms with Crippen LogP contribution in [0.15, 0.2) is 34.9 Å². The van der Waals surface area contributed by atoms with Gasteiger partial charge in [-0.15, -0.1) is 0 Å². The van der Waals surface area contributed by atoms with E-state index >= 15 is 0 Å². The van der Waals surface area contributed by atoms with E-state index in [1.165, 1.54) is 18.2 Å². The van der Waals surface area contributed by atoms with Crippen LogP contribution in [0.2, 0.25) is 5.02 Å². The first-order valence-corrected chi connectivity index (χ1v) is 6.39. The summed E-state index contributed by atoms with van der Waals surface area (Å²) in [6.07, 6.45) is 1.56. The molecule has 0 bridgehead atoms. The second-order valence-electron chi connectivity index (χ2n) is 3.72. The van der Waals surface area contributed by atoms with Crippen molar-refractivity contribution in [2.45, 2.75) is 6.92 Å². The summed E-state index contributed by atoms with van der Waals surface area (Å²) in [5.41, 5.74) is 0.703. The minimum atomic E-state index is -0.549. The molecule has 0 aliphatic heterocycles. The smallest absolute Gasteiger partial charge is 0.313 e. The highest BCUT2D eigenvalue weighted by atomic mass is 79.9. The van der Waals surface area contributed by atoms with E-state index in [9.17, 15) is 10.1 Å². The first-order chi connectivity index (χ1) is 8.99. The van der Waals surface area contributed by atoms with E-state index < -0.39 is 4.92 Å². The molecule has 2 aromatic rings. The largest absolute Gasteiger partial charge is 0.430 e. The topological polar surface area (TPSA) is 65.3 Å². The van der Waals surface area contributed by atoms with Crippen molar-refractivity contribution in [3.63, 3.8) is 0 Å². The Labute approximate surface area is 122 Å². The normalized spacial score (nSPS) is 10.3. The molecule has 2 rings (SSSR count). The predicted molar refractivity (Wildman–Crippen MR) is 74.9 cm³/mol. The third-order valence-corrected chi connectivity index (χ3v) is 3.50. The fourth-order valence-corrected chi connectivity index (χ4v) is 1.84. The molecule has 0 radical (unpaired) electrons. The molecule has 7 heteroatoms. The lowest BCUT2D eigenvalue weighted by molar-refractivity contribution is -0.385. The number of nitro benzene ring substituents is 1.